The van der Waals surface area contributed by atoms with Gasteiger partial charge in [-0.3, -0.25) is 4.99 Å². The SMILES string of the molecule is CN=C(NCC1(OC)CCOCC1)NC1CCCN(c2ccccc2Cl)C1.I. The van der Waals surface area contributed by atoms with E-state index in [0.29, 0.717) is 6.04 Å². The quantitative estimate of drug-likeness (QED) is 0.353. The van der Waals surface area contributed by atoms with Gasteiger partial charge in [-0.1, -0.05) is 23.7 Å². The van der Waals surface area contributed by atoms with Gasteiger partial charge >= 0.3 is 0 Å². The van der Waals surface area contributed by atoms with Crippen molar-refractivity contribution in [2.45, 2.75) is 37.3 Å². The van der Waals surface area contributed by atoms with Crippen molar-refractivity contribution < 1.29 is 9.47 Å². The summed E-state index contributed by atoms with van der Waals surface area (Å²) in [7, 11) is 3.60. The second kappa shape index (κ2) is 11.4. The molecule has 0 radical (unpaired) electrons. The third-order valence-corrected chi connectivity index (χ3v) is 5.91. The smallest absolute Gasteiger partial charge is 0.191 e. The number of piperidine rings is 1. The van der Waals surface area contributed by atoms with E-state index in [1.54, 1.807) is 7.11 Å². The number of aliphatic imine (C=N–C) groups is 1. The summed E-state index contributed by atoms with van der Waals surface area (Å²) in [6.07, 6.45) is 4.04. The van der Waals surface area contributed by atoms with E-state index < -0.39 is 0 Å². The molecule has 0 aliphatic carbocycles. The highest BCUT2D eigenvalue weighted by atomic mass is 127. The molecule has 8 heteroatoms. The first-order valence-electron chi connectivity index (χ1n) is 9.75. The summed E-state index contributed by atoms with van der Waals surface area (Å²) in [5, 5.41) is 7.84. The van der Waals surface area contributed by atoms with Crippen LogP contribution in [-0.4, -0.2) is 64.6 Å². The Morgan fingerprint density at radius 2 is 2.11 bits per heavy atom. The Morgan fingerprint density at radius 1 is 1.36 bits per heavy atom. The third kappa shape index (κ3) is 6.11. The highest BCUT2D eigenvalue weighted by Crippen LogP contribution is 2.28. The largest absolute Gasteiger partial charge is 0.381 e. The van der Waals surface area contributed by atoms with Crippen LogP contribution < -0.4 is 15.5 Å². The molecule has 2 heterocycles. The number of nitrogens with zero attached hydrogens (tertiary/aromatic N) is 2. The van der Waals surface area contributed by atoms with Gasteiger partial charge in [0.05, 0.1) is 16.3 Å². The first kappa shape index (κ1) is 23.5. The lowest BCUT2D eigenvalue weighted by Gasteiger charge is -2.38. The summed E-state index contributed by atoms with van der Waals surface area (Å²) in [5.74, 6) is 0.823. The summed E-state index contributed by atoms with van der Waals surface area (Å²) in [5.41, 5.74) is 0.931. The molecule has 2 saturated heterocycles. The fourth-order valence-corrected chi connectivity index (χ4v) is 4.11. The lowest BCUT2D eigenvalue weighted by Crippen LogP contribution is -2.55. The first-order chi connectivity index (χ1) is 13.2. The van der Waals surface area contributed by atoms with Crippen molar-refractivity contribution in [3.63, 3.8) is 0 Å². The summed E-state index contributed by atoms with van der Waals surface area (Å²) >= 11 is 6.38. The Hall–Kier alpha value is -0.770. The van der Waals surface area contributed by atoms with Gasteiger partial charge in [0.25, 0.3) is 0 Å². The van der Waals surface area contributed by atoms with Crippen LogP contribution in [0.3, 0.4) is 0 Å². The molecule has 1 unspecified atom stereocenters. The number of halogens is 2. The fraction of sp³-hybridized carbons (Fsp3) is 0.650. The number of hydrogen-bond donors (Lipinski definition) is 2. The van der Waals surface area contributed by atoms with Gasteiger partial charge in [-0.2, -0.15) is 0 Å². The molecule has 2 N–H and O–H groups in total. The predicted molar refractivity (Wildman–Crippen MR) is 126 cm³/mol. The van der Waals surface area contributed by atoms with Crippen LogP contribution in [0.4, 0.5) is 5.69 Å². The van der Waals surface area contributed by atoms with E-state index in [4.69, 9.17) is 21.1 Å². The van der Waals surface area contributed by atoms with Crippen molar-refractivity contribution in [3.8, 4) is 0 Å². The molecule has 1 atom stereocenters. The standard InChI is InChI=1S/C20H31ClN4O2.HI/c1-22-19(23-15-20(26-2)9-12-27-13-10-20)24-16-6-5-11-25(14-16)18-8-4-3-7-17(18)21;/h3-4,7-8,16H,5-6,9-15H2,1-2H3,(H2,22,23,24);1H. The number of anilines is 1. The Kier molecular flexibility index (Phi) is 9.59. The number of methoxy groups -OCH3 is 1. The highest BCUT2D eigenvalue weighted by molar-refractivity contribution is 14.0. The zero-order chi connectivity index (χ0) is 19.1. The van der Waals surface area contributed by atoms with Crippen LogP contribution >= 0.6 is 35.6 Å². The van der Waals surface area contributed by atoms with E-state index in [1.165, 1.54) is 0 Å². The molecule has 3 rings (SSSR count). The zero-order valence-corrected chi connectivity index (χ0v) is 19.8. The van der Waals surface area contributed by atoms with Crippen LogP contribution in [0, 0.1) is 0 Å². The van der Waals surface area contributed by atoms with E-state index in [-0.39, 0.29) is 29.6 Å². The molecule has 28 heavy (non-hydrogen) atoms. The van der Waals surface area contributed by atoms with Crippen molar-refractivity contribution in [1.29, 1.82) is 0 Å². The molecule has 2 fully saturated rings. The van der Waals surface area contributed by atoms with Crippen LogP contribution in [0.2, 0.25) is 5.02 Å². The normalized spacial score (nSPS) is 22.3. The molecule has 0 saturated carbocycles. The minimum absolute atomic E-state index is 0. The maximum atomic E-state index is 6.38. The number of ether oxygens (including phenoxy) is 2. The second-order valence-corrected chi connectivity index (χ2v) is 7.71. The van der Waals surface area contributed by atoms with Gasteiger partial charge in [0.2, 0.25) is 0 Å². The van der Waals surface area contributed by atoms with Crippen LogP contribution in [0.25, 0.3) is 0 Å². The highest BCUT2D eigenvalue weighted by Gasteiger charge is 2.33. The summed E-state index contributed by atoms with van der Waals surface area (Å²) < 4.78 is 11.3. The van der Waals surface area contributed by atoms with Gasteiger partial charge in [-0.05, 0) is 25.0 Å². The maximum absolute atomic E-state index is 6.38. The van der Waals surface area contributed by atoms with E-state index in [2.05, 4.69) is 26.6 Å². The summed E-state index contributed by atoms with van der Waals surface area (Å²) in [4.78, 5) is 6.76. The van der Waals surface area contributed by atoms with E-state index >= 15 is 0 Å². The summed E-state index contributed by atoms with van der Waals surface area (Å²) in [6.45, 7) is 4.16. The van der Waals surface area contributed by atoms with Crippen LogP contribution in [-0.2, 0) is 9.47 Å². The number of guanidine groups is 1. The lowest BCUT2D eigenvalue weighted by atomic mass is 9.94. The number of benzene rings is 1. The van der Waals surface area contributed by atoms with Gasteiger partial charge < -0.3 is 25.0 Å². The average Bonchev–Trinajstić information content (AvgIpc) is 2.72. The van der Waals surface area contributed by atoms with Crippen LogP contribution in [0.15, 0.2) is 29.3 Å². The molecule has 6 nitrogen and oxygen atoms in total. The van der Waals surface area contributed by atoms with Gasteiger partial charge in [0, 0.05) is 65.9 Å². The maximum Gasteiger partial charge on any atom is 0.191 e. The first-order valence-corrected chi connectivity index (χ1v) is 10.1. The molecular formula is C20H32ClIN4O2. The topological polar surface area (TPSA) is 58.1 Å². The molecule has 1 aromatic carbocycles. The van der Waals surface area contributed by atoms with Crippen molar-refractivity contribution >= 4 is 47.2 Å². The molecule has 2 aliphatic rings. The van der Waals surface area contributed by atoms with Crippen molar-refractivity contribution in [2.24, 2.45) is 4.99 Å². The lowest BCUT2D eigenvalue weighted by molar-refractivity contribution is -0.0855. The molecular weight excluding hydrogens is 491 g/mol. The monoisotopic (exact) mass is 522 g/mol. The van der Waals surface area contributed by atoms with Gasteiger partial charge in [-0.15, -0.1) is 24.0 Å². The minimum Gasteiger partial charge on any atom is -0.381 e. The molecule has 0 aromatic heterocycles. The van der Waals surface area contributed by atoms with Gasteiger partial charge in [-0.25, -0.2) is 0 Å². The Morgan fingerprint density at radius 3 is 2.79 bits per heavy atom. The molecule has 1 aromatic rings. The molecule has 0 spiro atoms. The average molecular weight is 523 g/mol. The fourth-order valence-electron chi connectivity index (χ4n) is 3.85. The predicted octanol–water partition coefficient (Wildman–Crippen LogP) is 3.29. The molecule has 0 amide bonds. The number of rotatable bonds is 5. The number of hydrogen-bond acceptors (Lipinski definition) is 4. The molecule has 2 aliphatic heterocycles. The molecule has 0 bridgehead atoms. The second-order valence-electron chi connectivity index (χ2n) is 7.31. The van der Waals surface area contributed by atoms with Crippen molar-refractivity contribution in [1.82, 2.24) is 10.6 Å². The van der Waals surface area contributed by atoms with Gasteiger partial charge in [0.15, 0.2) is 5.96 Å². The third-order valence-electron chi connectivity index (χ3n) is 5.59. The Balaban J connectivity index is 0.00000280. The van der Waals surface area contributed by atoms with E-state index in [1.807, 2.05) is 25.2 Å². The Bertz CT molecular complexity index is 640. The van der Waals surface area contributed by atoms with Crippen LogP contribution in [0.5, 0.6) is 0 Å². The number of nitrogens with one attached hydrogen (secondary N) is 2. The van der Waals surface area contributed by atoms with Crippen molar-refractivity contribution in [2.75, 3.05) is 51.9 Å². The Labute approximate surface area is 190 Å². The van der Waals surface area contributed by atoms with Gasteiger partial charge in [0.1, 0.15) is 0 Å². The van der Waals surface area contributed by atoms with E-state index in [9.17, 15) is 0 Å². The minimum atomic E-state index is -0.175. The number of para-hydroxylation sites is 1. The van der Waals surface area contributed by atoms with Crippen LogP contribution in [0.1, 0.15) is 25.7 Å². The summed E-state index contributed by atoms with van der Waals surface area (Å²) in [6, 6.07) is 8.38. The molecule has 158 valence electrons. The van der Waals surface area contributed by atoms with E-state index in [0.717, 1.165) is 75.2 Å². The van der Waals surface area contributed by atoms with Crippen molar-refractivity contribution in [3.05, 3.63) is 29.3 Å². The zero-order valence-electron chi connectivity index (χ0n) is 16.7.